The number of imide groups is 1. The van der Waals surface area contributed by atoms with Crippen molar-refractivity contribution >= 4 is 23.2 Å². The molecule has 1 unspecified atom stereocenters. The van der Waals surface area contributed by atoms with Crippen molar-refractivity contribution < 1.29 is 9.59 Å². The zero-order valence-corrected chi connectivity index (χ0v) is 11.1. The average Bonchev–Trinajstić information content (AvgIpc) is 2.55. The number of thiophene rings is 1. The lowest BCUT2D eigenvalue weighted by Crippen LogP contribution is -2.51. The van der Waals surface area contributed by atoms with Gasteiger partial charge in [-0.15, -0.1) is 11.3 Å². The van der Waals surface area contributed by atoms with E-state index in [0.29, 0.717) is 13.1 Å². The summed E-state index contributed by atoms with van der Waals surface area (Å²) in [5, 5.41) is 2.32. The van der Waals surface area contributed by atoms with Crippen molar-refractivity contribution in [2.24, 2.45) is 0 Å². The number of hydrogen-bond donors (Lipinski definition) is 1. The summed E-state index contributed by atoms with van der Waals surface area (Å²) < 4.78 is 0. The lowest BCUT2D eigenvalue weighted by molar-refractivity contribution is -0.137. The number of piperazine rings is 1. The summed E-state index contributed by atoms with van der Waals surface area (Å²) in [7, 11) is 0. The normalized spacial score (nSPS) is 19.2. The van der Waals surface area contributed by atoms with Gasteiger partial charge in [0.1, 0.15) is 0 Å². The maximum Gasteiger partial charge on any atom is 0.240 e. The first kappa shape index (κ1) is 12.3. The predicted octanol–water partition coefficient (Wildman–Crippen LogP) is 1.38. The van der Waals surface area contributed by atoms with Crippen LogP contribution >= 0.6 is 11.3 Å². The van der Waals surface area contributed by atoms with Gasteiger partial charge in [-0.05, 0) is 32.4 Å². The Bertz CT molecular complexity index is 451. The number of nitrogens with zero attached hydrogens (tertiary/aromatic N) is 1. The van der Waals surface area contributed by atoms with Crippen LogP contribution in [-0.4, -0.2) is 29.8 Å². The molecule has 2 amide bonds. The molecule has 0 aromatic carbocycles. The number of carbonyl (C=O) groups excluding carboxylic acids is 2. The molecule has 1 fully saturated rings. The first-order valence-electron chi connectivity index (χ1n) is 5.61. The molecule has 4 nitrogen and oxygen atoms in total. The number of carbonyl (C=O) groups is 2. The summed E-state index contributed by atoms with van der Waals surface area (Å²) >= 11 is 1.75. The molecular formula is C12H16N2O2S. The highest BCUT2D eigenvalue weighted by molar-refractivity contribution is 7.12. The molecule has 0 radical (unpaired) electrons. The molecule has 1 aromatic heterocycles. The van der Waals surface area contributed by atoms with E-state index in [9.17, 15) is 9.59 Å². The van der Waals surface area contributed by atoms with Gasteiger partial charge in [0.25, 0.3) is 0 Å². The minimum absolute atomic E-state index is 0.106. The Morgan fingerprint density at radius 1 is 1.29 bits per heavy atom. The molecule has 0 saturated carbocycles. The van der Waals surface area contributed by atoms with Gasteiger partial charge in [0, 0.05) is 15.8 Å². The second kappa shape index (κ2) is 4.58. The summed E-state index contributed by atoms with van der Waals surface area (Å²) in [4.78, 5) is 27.1. The summed E-state index contributed by atoms with van der Waals surface area (Å²) in [5.74, 6) is -0.421. The topological polar surface area (TPSA) is 49.4 Å². The third kappa shape index (κ3) is 2.56. The minimum atomic E-state index is -0.210. The second-order valence-corrected chi connectivity index (χ2v) is 5.88. The molecule has 1 aromatic rings. The number of nitrogens with one attached hydrogen (secondary N) is 1. The van der Waals surface area contributed by atoms with Crippen LogP contribution in [0.5, 0.6) is 0 Å². The number of aryl methyl sites for hydroxylation is 2. The molecule has 0 bridgehead atoms. The first-order valence-corrected chi connectivity index (χ1v) is 6.42. The Balaban J connectivity index is 2.19. The van der Waals surface area contributed by atoms with Crippen LogP contribution in [0, 0.1) is 13.8 Å². The third-order valence-corrected chi connectivity index (χ3v) is 4.03. The third-order valence-electron chi connectivity index (χ3n) is 3.05. The van der Waals surface area contributed by atoms with Crippen LogP contribution < -0.4 is 5.32 Å². The maximum absolute atomic E-state index is 11.3. The Kier molecular flexibility index (Phi) is 3.31. The fourth-order valence-electron chi connectivity index (χ4n) is 2.20. The van der Waals surface area contributed by atoms with E-state index in [4.69, 9.17) is 0 Å². The predicted molar refractivity (Wildman–Crippen MR) is 66.9 cm³/mol. The summed E-state index contributed by atoms with van der Waals surface area (Å²) in [6.45, 7) is 6.78. The molecule has 92 valence electrons. The van der Waals surface area contributed by atoms with Crippen molar-refractivity contribution in [1.82, 2.24) is 10.2 Å². The van der Waals surface area contributed by atoms with Crippen LogP contribution in [0.4, 0.5) is 0 Å². The maximum atomic E-state index is 11.3. The molecule has 0 spiro atoms. The van der Waals surface area contributed by atoms with Crippen molar-refractivity contribution in [3.05, 3.63) is 21.4 Å². The van der Waals surface area contributed by atoms with Crippen molar-refractivity contribution in [3.63, 3.8) is 0 Å². The van der Waals surface area contributed by atoms with Crippen LogP contribution in [0.25, 0.3) is 0 Å². The average molecular weight is 252 g/mol. The summed E-state index contributed by atoms with van der Waals surface area (Å²) in [6, 6.07) is 2.25. The van der Waals surface area contributed by atoms with Crippen LogP contribution in [0.2, 0.25) is 0 Å². The van der Waals surface area contributed by atoms with Crippen molar-refractivity contribution in [1.29, 1.82) is 0 Å². The Hall–Kier alpha value is -1.20. The van der Waals surface area contributed by atoms with Gasteiger partial charge in [0.2, 0.25) is 11.8 Å². The lowest BCUT2D eigenvalue weighted by atomic mass is 10.1. The molecule has 1 aliphatic rings. The van der Waals surface area contributed by atoms with E-state index < -0.39 is 0 Å². The van der Waals surface area contributed by atoms with Crippen molar-refractivity contribution in [2.75, 3.05) is 13.1 Å². The lowest BCUT2D eigenvalue weighted by Gasteiger charge is -2.31. The SMILES string of the molecule is Cc1cc(C(C)N2CC(=O)NC(=O)C2)c(C)s1. The van der Waals surface area contributed by atoms with Gasteiger partial charge in [-0.1, -0.05) is 0 Å². The van der Waals surface area contributed by atoms with Gasteiger partial charge in [0.05, 0.1) is 13.1 Å². The molecule has 17 heavy (non-hydrogen) atoms. The fourth-order valence-corrected chi connectivity index (χ4v) is 3.21. The zero-order chi connectivity index (χ0) is 12.6. The molecule has 1 atom stereocenters. The molecule has 2 heterocycles. The van der Waals surface area contributed by atoms with Gasteiger partial charge >= 0.3 is 0 Å². The standard InChI is InChI=1S/C12H16N2O2S/c1-7-4-10(9(3)17-7)8(2)14-5-11(15)13-12(16)6-14/h4,8H,5-6H2,1-3H3,(H,13,15,16). The summed E-state index contributed by atoms with van der Waals surface area (Å²) in [5.41, 5.74) is 1.22. The monoisotopic (exact) mass is 252 g/mol. The Morgan fingerprint density at radius 2 is 1.88 bits per heavy atom. The number of rotatable bonds is 2. The van der Waals surface area contributed by atoms with E-state index in [1.807, 2.05) is 11.8 Å². The molecule has 1 N–H and O–H groups in total. The molecular weight excluding hydrogens is 236 g/mol. The highest BCUT2D eigenvalue weighted by atomic mass is 32.1. The van der Waals surface area contributed by atoms with E-state index in [1.54, 1.807) is 11.3 Å². The zero-order valence-electron chi connectivity index (χ0n) is 10.2. The van der Waals surface area contributed by atoms with Crippen molar-refractivity contribution in [3.8, 4) is 0 Å². The van der Waals surface area contributed by atoms with Crippen LogP contribution in [-0.2, 0) is 9.59 Å². The van der Waals surface area contributed by atoms with Gasteiger partial charge in [-0.3, -0.25) is 19.8 Å². The van der Waals surface area contributed by atoms with Crippen LogP contribution in [0.1, 0.15) is 28.3 Å². The van der Waals surface area contributed by atoms with Crippen molar-refractivity contribution in [2.45, 2.75) is 26.8 Å². The minimum Gasteiger partial charge on any atom is -0.294 e. The van der Waals surface area contributed by atoms with E-state index in [0.717, 1.165) is 0 Å². The molecule has 5 heteroatoms. The Labute approximate surface area is 105 Å². The highest BCUT2D eigenvalue weighted by Gasteiger charge is 2.27. The van der Waals surface area contributed by atoms with Gasteiger partial charge < -0.3 is 0 Å². The highest BCUT2D eigenvalue weighted by Crippen LogP contribution is 2.29. The number of amides is 2. The molecule has 0 aliphatic carbocycles. The van der Waals surface area contributed by atoms with Crippen LogP contribution in [0.3, 0.4) is 0 Å². The Morgan fingerprint density at radius 3 is 2.35 bits per heavy atom. The van der Waals surface area contributed by atoms with E-state index in [-0.39, 0.29) is 17.9 Å². The summed E-state index contributed by atoms with van der Waals surface area (Å²) in [6.07, 6.45) is 0. The molecule has 1 aliphatic heterocycles. The largest absolute Gasteiger partial charge is 0.294 e. The first-order chi connectivity index (χ1) is 7.97. The van der Waals surface area contributed by atoms with E-state index in [1.165, 1.54) is 15.3 Å². The number of hydrogen-bond acceptors (Lipinski definition) is 4. The van der Waals surface area contributed by atoms with Gasteiger partial charge in [-0.2, -0.15) is 0 Å². The smallest absolute Gasteiger partial charge is 0.240 e. The van der Waals surface area contributed by atoms with Gasteiger partial charge in [-0.25, -0.2) is 0 Å². The molecule has 1 saturated heterocycles. The molecule has 2 rings (SSSR count). The van der Waals surface area contributed by atoms with Gasteiger partial charge in [0.15, 0.2) is 0 Å². The van der Waals surface area contributed by atoms with Crippen LogP contribution in [0.15, 0.2) is 6.07 Å². The quantitative estimate of drug-likeness (QED) is 0.809. The fraction of sp³-hybridized carbons (Fsp3) is 0.500. The van der Waals surface area contributed by atoms with E-state index >= 15 is 0 Å². The van der Waals surface area contributed by atoms with E-state index in [2.05, 4.69) is 25.2 Å². The second-order valence-electron chi connectivity index (χ2n) is 4.42.